The van der Waals surface area contributed by atoms with Crippen LogP contribution in [0.25, 0.3) is 0 Å². The fourth-order valence-electron chi connectivity index (χ4n) is 10.1. The van der Waals surface area contributed by atoms with Crippen molar-refractivity contribution >= 4 is 23.9 Å². The third kappa shape index (κ3) is 14.8. The number of ether oxygens (including phenoxy) is 12. The number of hydrogen-bond acceptors (Lipinski definition) is 16. The van der Waals surface area contributed by atoms with Gasteiger partial charge in [-0.2, -0.15) is 0 Å². The summed E-state index contributed by atoms with van der Waals surface area (Å²) in [5.41, 5.74) is 6.05. The molecule has 76 heavy (non-hydrogen) atoms. The molecule has 1 aliphatic carbocycles. The van der Waals surface area contributed by atoms with Crippen LogP contribution in [0.3, 0.4) is 0 Å². The van der Waals surface area contributed by atoms with Crippen molar-refractivity contribution in [1.82, 2.24) is 0 Å². The van der Waals surface area contributed by atoms with E-state index >= 15 is 0 Å². The molecule has 4 atom stereocenters. The van der Waals surface area contributed by atoms with Crippen LogP contribution in [0.1, 0.15) is 149 Å². The van der Waals surface area contributed by atoms with Crippen LogP contribution >= 0.6 is 0 Å². The van der Waals surface area contributed by atoms with Crippen molar-refractivity contribution in [2.45, 2.75) is 105 Å². The summed E-state index contributed by atoms with van der Waals surface area (Å²) < 4.78 is 71.6. The Morgan fingerprint density at radius 3 is 0.618 bits per heavy atom. The second-order valence-corrected chi connectivity index (χ2v) is 20.7. The van der Waals surface area contributed by atoms with Gasteiger partial charge < -0.3 is 56.8 Å². The van der Waals surface area contributed by atoms with Gasteiger partial charge in [0.1, 0.15) is 46.0 Å². The lowest BCUT2D eigenvalue weighted by Gasteiger charge is -2.33. The van der Waals surface area contributed by atoms with Crippen molar-refractivity contribution < 1.29 is 76.0 Å². The maximum atomic E-state index is 12.9. The van der Waals surface area contributed by atoms with Crippen LogP contribution in [0.15, 0.2) is 48.5 Å². The quantitative estimate of drug-likeness (QED) is 0.0477. The lowest BCUT2D eigenvalue weighted by atomic mass is 9.75. The number of carbonyl (C=O) groups excluding carboxylic acids is 4. The smallest absolute Gasteiger partial charge is 0.343 e. The molecule has 4 aromatic carbocycles. The van der Waals surface area contributed by atoms with Crippen molar-refractivity contribution in [1.29, 1.82) is 0 Å². The fraction of sp³-hybridized carbons (Fsp3) is 0.533. The summed E-state index contributed by atoms with van der Waals surface area (Å²) in [6.07, 6.45) is 2.27. The maximum absolute atomic E-state index is 12.9. The molecular formula is C60H80O16. The monoisotopic (exact) mass is 1060 g/mol. The Morgan fingerprint density at radius 1 is 0.303 bits per heavy atom. The molecule has 16 heteroatoms. The molecule has 0 radical (unpaired) electrons. The largest absolute Gasteiger partial charge is 0.496 e. The number of carbonyl (C=O) groups is 4. The first kappa shape index (κ1) is 60.0. The fourth-order valence-corrected chi connectivity index (χ4v) is 10.1. The number of methoxy groups -OCH3 is 8. The van der Waals surface area contributed by atoms with Crippen molar-refractivity contribution in [2.75, 3.05) is 83.3 Å². The van der Waals surface area contributed by atoms with E-state index in [4.69, 9.17) is 56.8 Å². The van der Waals surface area contributed by atoms with E-state index in [9.17, 15) is 19.2 Å². The van der Waals surface area contributed by atoms with Gasteiger partial charge in [-0.15, -0.1) is 0 Å². The van der Waals surface area contributed by atoms with Crippen molar-refractivity contribution in [3.63, 3.8) is 0 Å². The number of esters is 4. The van der Waals surface area contributed by atoms with Crippen LogP contribution in [0.2, 0.25) is 0 Å². The van der Waals surface area contributed by atoms with Crippen molar-refractivity contribution in [3.05, 3.63) is 93.0 Å². The van der Waals surface area contributed by atoms with Gasteiger partial charge in [0.25, 0.3) is 0 Å². The van der Waals surface area contributed by atoms with E-state index in [1.54, 1.807) is 28.4 Å². The summed E-state index contributed by atoms with van der Waals surface area (Å²) >= 11 is 0. The summed E-state index contributed by atoms with van der Waals surface area (Å²) in [5, 5.41) is 0. The molecule has 0 fully saturated rings. The molecule has 0 saturated carbocycles. The Labute approximate surface area is 449 Å². The molecule has 5 rings (SSSR count). The molecule has 16 nitrogen and oxygen atoms in total. The zero-order valence-electron chi connectivity index (χ0n) is 47.4. The van der Waals surface area contributed by atoms with E-state index in [0.717, 1.165) is 44.5 Å². The van der Waals surface area contributed by atoms with E-state index in [0.29, 0.717) is 71.7 Å². The number of hydrogen-bond donors (Lipinski definition) is 0. The van der Waals surface area contributed by atoms with E-state index in [1.807, 2.05) is 24.3 Å². The van der Waals surface area contributed by atoms with Crippen LogP contribution in [0.5, 0.6) is 46.0 Å². The topological polar surface area (TPSA) is 179 Å². The molecule has 0 aliphatic heterocycles. The Hall–Kier alpha value is -6.84. The molecule has 0 N–H and O–H groups in total. The van der Waals surface area contributed by atoms with Gasteiger partial charge in [-0.3, -0.25) is 0 Å². The third-order valence-electron chi connectivity index (χ3n) is 13.6. The van der Waals surface area contributed by atoms with Gasteiger partial charge in [0.05, 0.1) is 56.9 Å². The van der Waals surface area contributed by atoms with Crippen LogP contribution in [0.4, 0.5) is 0 Å². The number of rotatable bonds is 24. The minimum Gasteiger partial charge on any atom is -0.496 e. The SMILES string of the molecule is COC(=O)COc1cc(OC)c2cc1[C@@H](CC(C)C)c1cc(c(OCC(=O)OC)cc1OC)[C@@H](CC(C)C)c1cc(c(OCC(=O)OC)cc1OC)[C@@H](CC(C)C)c1cc(c(OCC(=O)OC)cc1OC)[C@H]2CC(C)C. The van der Waals surface area contributed by atoms with Crippen molar-refractivity contribution in [2.24, 2.45) is 23.7 Å². The second kappa shape index (κ2) is 27.8. The first-order chi connectivity index (χ1) is 36.2. The molecule has 4 aromatic rings. The van der Waals surface area contributed by atoms with Gasteiger partial charge in [-0.05, 0) is 73.6 Å². The normalized spacial score (nSPS) is 15.9. The molecule has 0 saturated heterocycles. The zero-order valence-corrected chi connectivity index (χ0v) is 47.4. The number of benzene rings is 4. The zero-order chi connectivity index (χ0) is 56.0. The Bertz CT molecular complexity index is 2280. The summed E-state index contributed by atoms with van der Waals surface area (Å²) in [6.45, 7) is 15.5. The van der Waals surface area contributed by atoms with Gasteiger partial charge in [-0.25, -0.2) is 19.2 Å². The van der Waals surface area contributed by atoms with Gasteiger partial charge in [0.15, 0.2) is 26.4 Å². The molecule has 8 bridgehead atoms. The Balaban J connectivity index is 2.17. The first-order valence-corrected chi connectivity index (χ1v) is 25.9. The third-order valence-corrected chi connectivity index (χ3v) is 13.6. The van der Waals surface area contributed by atoms with Crippen LogP contribution < -0.4 is 37.9 Å². The van der Waals surface area contributed by atoms with Gasteiger partial charge in [0, 0.05) is 92.4 Å². The molecule has 1 aliphatic rings. The predicted octanol–water partition coefficient (Wildman–Crippen LogP) is 11.0. The summed E-state index contributed by atoms with van der Waals surface area (Å²) in [5.74, 6) is -0.377. The van der Waals surface area contributed by atoms with Crippen LogP contribution in [-0.4, -0.2) is 107 Å². The molecule has 0 unspecified atom stereocenters. The predicted molar refractivity (Wildman–Crippen MR) is 287 cm³/mol. The summed E-state index contributed by atoms with van der Waals surface area (Å²) in [6, 6.07) is 15.6. The van der Waals surface area contributed by atoms with E-state index < -0.39 is 47.5 Å². The maximum Gasteiger partial charge on any atom is 0.343 e. The highest BCUT2D eigenvalue weighted by Crippen LogP contribution is 2.54. The second-order valence-electron chi connectivity index (χ2n) is 20.7. The first-order valence-electron chi connectivity index (χ1n) is 25.9. The highest BCUT2D eigenvalue weighted by Gasteiger charge is 2.36. The van der Waals surface area contributed by atoms with Crippen molar-refractivity contribution in [3.8, 4) is 46.0 Å². The minimum atomic E-state index is -0.575. The highest BCUT2D eigenvalue weighted by molar-refractivity contribution is 5.73. The molecule has 0 spiro atoms. The lowest BCUT2D eigenvalue weighted by Crippen LogP contribution is -2.20. The Morgan fingerprint density at radius 2 is 0.474 bits per heavy atom. The number of fused-ring (bicyclic) bond motifs is 8. The molecule has 416 valence electrons. The van der Waals surface area contributed by atoms with E-state index in [-0.39, 0.29) is 50.1 Å². The lowest BCUT2D eigenvalue weighted by molar-refractivity contribution is -0.143. The minimum absolute atomic E-state index is 0.0940. The summed E-state index contributed by atoms with van der Waals surface area (Å²) in [4.78, 5) is 51.7. The Kier molecular flexibility index (Phi) is 22.0. The highest BCUT2D eigenvalue weighted by atomic mass is 16.6. The molecule has 0 amide bonds. The molecule has 0 aromatic heterocycles. The van der Waals surface area contributed by atoms with E-state index in [2.05, 4.69) is 79.7 Å². The standard InChI is InChI=1S/C60H80O16/c1-33(2)17-37-41-21-46(54(25-49(41)65-9)74-30-58(62)70-14)39(19-35(5)6)43-23-48(56(27-51(43)67-11)76-32-60(64)72-16)40(20-36(7)8)44-24-47(55(28-52(44)68-12)75-31-59(63)71-15)38(18-34(3)4)42-22-45(37)53(26-50(42)66-10)73-29-57(61)69-13/h21-28,33-40H,17-20,29-32H2,1-16H3/t37-,38-,39-,40-/m0/s1. The van der Waals surface area contributed by atoms with Gasteiger partial charge in [-0.1, -0.05) is 55.4 Å². The average molecular weight is 1060 g/mol. The summed E-state index contributed by atoms with van der Waals surface area (Å²) in [7, 11) is 11.6. The average Bonchev–Trinajstić information content (AvgIpc) is 3.40. The molecular weight excluding hydrogens is 977 g/mol. The van der Waals surface area contributed by atoms with Gasteiger partial charge in [0.2, 0.25) is 0 Å². The van der Waals surface area contributed by atoms with Crippen LogP contribution in [0, 0.1) is 23.7 Å². The van der Waals surface area contributed by atoms with Crippen LogP contribution in [-0.2, 0) is 38.1 Å². The molecule has 0 heterocycles. The van der Waals surface area contributed by atoms with E-state index in [1.165, 1.54) is 28.4 Å². The van der Waals surface area contributed by atoms with Gasteiger partial charge >= 0.3 is 23.9 Å².